The van der Waals surface area contributed by atoms with Crippen LogP contribution in [0.1, 0.15) is 6.92 Å². The maximum Gasteiger partial charge on any atom is 0.261 e. The fourth-order valence-electron chi connectivity index (χ4n) is 1.08. The molecule has 0 radical (unpaired) electrons. The van der Waals surface area contributed by atoms with Gasteiger partial charge >= 0.3 is 0 Å². The summed E-state index contributed by atoms with van der Waals surface area (Å²) in [6.07, 6.45) is 1.32. The predicted octanol–water partition coefficient (Wildman–Crippen LogP) is 0.120. The van der Waals surface area contributed by atoms with Crippen molar-refractivity contribution in [1.29, 1.82) is 0 Å². The first-order chi connectivity index (χ1) is 7.88. The molecule has 98 valence electrons. The smallest absolute Gasteiger partial charge is 0.261 e. The van der Waals surface area contributed by atoms with E-state index in [4.69, 9.17) is 11.6 Å². The van der Waals surface area contributed by atoms with Gasteiger partial charge in [0, 0.05) is 35.9 Å². The van der Waals surface area contributed by atoms with Gasteiger partial charge in [0.25, 0.3) is 10.0 Å². The summed E-state index contributed by atoms with van der Waals surface area (Å²) in [4.78, 5) is 3.71. The average molecular weight is 300 g/mol. The molecule has 1 rings (SSSR count). The molecule has 6 nitrogen and oxygen atoms in total. The van der Waals surface area contributed by atoms with E-state index in [9.17, 15) is 12.6 Å². The highest BCUT2D eigenvalue weighted by Gasteiger charge is 2.21. The maximum atomic E-state index is 11.8. The van der Waals surface area contributed by atoms with Gasteiger partial charge in [-0.25, -0.2) is 18.1 Å². The molecule has 9 heteroatoms. The normalized spacial score (nSPS) is 13.8. The molecular formula is C8H14ClN3O3S2. The lowest BCUT2D eigenvalue weighted by Gasteiger charge is -2.04. The molecular weight excluding hydrogens is 286 g/mol. The Hall–Kier alpha value is -0.440. The van der Waals surface area contributed by atoms with Crippen LogP contribution in [0.25, 0.3) is 0 Å². The van der Waals surface area contributed by atoms with Crippen molar-refractivity contribution in [2.75, 3.05) is 18.1 Å². The molecule has 1 aromatic rings. The second kappa shape index (κ2) is 5.94. The van der Waals surface area contributed by atoms with Crippen molar-refractivity contribution in [2.45, 2.75) is 11.9 Å². The molecule has 1 atom stereocenters. The molecule has 0 bridgehead atoms. The number of nitrogens with zero attached hydrogens (tertiary/aromatic N) is 2. The third-order valence-electron chi connectivity index (χ3n) is 2.03. The van der Waals surface area contributed by atoms with Gasteiger partial charge < -0.3 is 4.57 Å². The van der Waals surface area contributed by atoms with Crippen LogP contribution in [0.5, 0.6) is 0 Å². The Balaban J connectivity index is 2.70. The van der Waals surface area contributed by atoms with Crippen molar-refractivity contribution in [3.05, 3.63) is 11.5 Å². The molecule has 1 unspecified atom stereocenters. The van der Waals surface area contributed by atoms with Crippen LogP contribution in [0.4, 0.5) is 0 Å². The SMILES string of the molecule is CCS(=O)CCNS(=O)(=O)c1ncn(C)c1Cl. The Morgan fingerprint density at radius 3 is 2.71 bits per heavy atom. The standard InChI is InChI=1S/C8H14ClN3O3S2/c1-3-16(13)5-4-11-17(14,15)8-7(9)12(2)6-10-8/h6,11H,3-5H2,1-2H3. The number of aromatic nitrogens is 2. The zero-order valence-electron chi connectivity index (χ0n) is 9.51. The second-order valence-corrected chi connectivity index (χ2v) is 7.19. The van der Waals surface area contributed by atoms with Gasteiger partial charge in [0.2, 0.25) is 5.03 Å². The number of hydrogen-bond acceptors (Lipinski definition) is 4. The summed E-state index contributed by atoms with van der Waals surface area (Å²) >= 11 is 5.78. The number of hydrogen-bond donors (Lipinski definition) is 1. The molecule has 0 fully saturated rings. The minimum Gasteiger partial charge on any atom is -0.324 e. The van der Waals surface area contributed by atoms with E-state index in [1.54, 1.807) is 14.0 Å². The monoisotopic (exact) mass is 299 g/mol. The van der Waals surface area contributed by atoms with Gasteiger partial charge in [0.15, 0.2) is 0 Å². The lowest BCUT2D eigenvalue weighted by atomic mass is 10.8. The zero-order valence-corrected chi connectivity index (χ0v) is 11.9. The highest BCUT2D eigenvalue weighted by atomic mass is 35.5. The first-order valence-corrected chi connectivity index (χ1v) is 8.25. The van der Waals surface area contributed by atoms with E-state index in [1.807, 2.05) is 0 Å². The van der Waals surface area contributed by atoms with Gasteiger partial charge in [-0.3, -0.25) is 4.21 Å². The highest BCUT2D eigenvalue weighted by Crippen LogP contribution is 2.17. The van der Waals surface area contributed by atoms with Crippen LogP contribution in [0.2, 0.25) is 5.15 Å². The summed E-state index contributed by atoms with van der Waals surface area (Å²) in [5.41, 5.74) is 0. The summed E-state index contributed by atoms with van der Waals surface area (Å²) in [7, 11) is -3.13. The van der Waals surface area contributed by atoms with Gasteiger partial charge in [-0.1, -0.05) is 18.5 Å². The molecule has 0 spiro atoms. The van der Waals surface area contributed by atoms with Crippen LogP contribution in [0.15, 0.2) is 11.4 Å². The van der Waals surface area contributed by atoms with Gasteiger partial charge in [0.1, 0.15) is 5.15 Å². The molecule has 1 N–H and O–H groups in total. The lowest BCUT2D eigenvalue weighted by Crippen LogP contribution is -2.28. The molecule has 0 amide bonds. The van der Waals surface area contributed by atoms with E-state index in [1.165, 1.54) is 10.9 Å². The van der Waals surface area contributed by atoms with Crippen LogP contribution in [-0.4, -0.2) is 40.2 Å². The quantitative estimate of drug-likeness (QED) is 0.809. The van der Waals surface area contributed by atoms with Crippen LogP contribution in [0.3, 0.4) is 0 Å². The summed E-state index contributed by atoms with van der Waals surface area (Å²) in [6.45, 7) is 1.88. The second-order valence-electron chi connectivity index (χ2n) is 3.28. The molecule has 17 heavy (non-hydrogen) atoms. The fraction of sp³-hybridized carbons (Fsp3) is 0.625. The Labute approximate surface area is 108 Å². The number of halogens is 1. The Kier molecular flexibility index (Phi) is 5.11. The van der Waals surface area contributed by atoms with E-state index in [2.05, 4.69) is 9.71 Å². The van der Waals surface area contributed by atoms with Crippen LogP contribution >= 0.6 is 11.6 Å². The lowest BCUT2D eigenvalue weighted by molar-refractivity contribution is 0.580. The molecule has 0 aliphatic rings. The number of rotatable bonds is 6. The zero-order chi connectivity index (χ0) is 13.1. The van der Waals surface area contributed by atoms with Crippen molar-refractivity contribution in [3.63, 3.8) is 0 Å². The van der Waals surface area contributed by atoms with Crippen molar-refractivity contribution >= 4 is 32.4 Å². The summed E-state index contributed by atoms with van der Waals surface area (Å²) in [5, 5.41) is -0.155. The van der Waals surface area contributed by atoms with E-state index in [0.717, 1.165) is 0 Å². The van der Waals surface area contributed by atoms with Crippen LogP contribution < -0.4 is 4.72 Å². The topological polar surface area (TPSA) is 81.1 Å². The third kappa shape index (κ3) is 3.77. The van der Waals surface area contributed by atoms with E-state index in [-0.39, 0.29) is 22.5 Å². The molecule has 0 aromatic carbocycles. The third-order valence-corrected chi connectivity index (χ3v) is 5.29. The fourth-order valence-corrected chi connectivity index (χ4v) is 3.28. The Morgan fingerprint density at radius 1 is 1.59 bits per heavy atom. The minimum atomic E-state index is -3.72. The summed E-state index contributed by atoms with van der Waals surface area (Å²) in [6, 6.07) is 0. The van der Waals surface area contributed by atoms with Gasteiger partial charge in [-0.2, -0.15) is 0 Å². The molecule has 0 aliphatic heterocycles. The van der Waals surface area contributed by atoms with Gasteiger partial charge in [-0.05, 0) is 0 Å². The Bertz CT molecular complexity index is 512. The van der Waals surface area contributed by atoms with E-state index < -0.39 is 20.8 Å². The van der Waals surface area contributed by atoms with E-state index >= 15 is 0 Å². The van der Waals surface area contributed by atoms with Crippen molar-refractivity contribution in [2.24, 2.45) is 7.05 Å². The highest BCUT2D eigenvalue weighted by molar-refractivity contribution is 7.89. The largest absolute Gasteiger partial charge is 0.324 e. The van der Waals surface area contributed by atoms with Crippen molar-refractivity contribution < 1.29 is 12.6 Å². The molecule has 0 aliphatic carbocycles. The number of nitrogens with one attached hydrogen (secondary N) is 1. The van der Waals surface area contributed by atoms with Crippen LogP contribution in [0, 0.1) is 0 Å². The average Bonchev–Trinajstić information content (AvgIpc) is 2.59. The predicted molar refractivity (Wildman–Crippen MR) is 67.0 cm³/mol. The van der Waals surface area contributed by atoms with Crippen molar-refractivity contribution in [1.82, 2.24) is 14.3 Å². The van der Waals surface area contributed by atoms with Gasteiger partial charge in [0.05, 0.1) is 6.33 Å². The number of imidazole rings is 1. The summed E-state index contributed by atoms with van der Waals surface area (Å²) < 4.78 is 38.4. The van der Waals surface area contributed by atoms with Crippen LogP contribution in [-0.2, 0) is 27.9 Å². The molecule has 0 saturated heterocycles. The van der Waals surface area contributed by atoms with Gasteiger partial charge in [-0.15, -0.1) is 0 Å². The maximum absolute atomic E-state index is 11.8. The molecule has 0 saturated carbocycles. The molecule has 1 heterocycles. The molecule has 1 aromatic heterocycles. The minimum absolute atomic E-state index is 0.0501. The van der Waals surface area contributed by atoms with E-state index in [0.29, 0.717) is 5.75 Å². The number of aryl methyl sites for hydroxylation is 1. The Morgan fingerprint density at radius 2 is 2.24 bits per heavy atom. The summed E-state index contributed by atoms with van der Waals surface area (Å²) in [5.74, 6) is 0.784. The van der Waals surface area contributed by atoms with Crippen molar-refractivity contribution in [3.8, 4) is 0 Å². The number of sulfonamides is 1. The first-order valence-electron chi connectivity index (χ1n) is 4.90. The first kappa shape index (κ1) is 14.6.